The van der Waals surface area contributed by atoms with Gasteiger partial charge in [0, 0.05) is 6.54 Å². The first kappa shape index (κ1) is 15.7. The molecule has 5 nitrogen and oxygen atoms in total. The van der Waals surface area contributed by atoms with Crippen molar-refractivity contribution >= 4 is 5.91 Å². The Hall–Kier alpha value is -2.32. The van der Waals surface area contributed by atoms with Crippen molar-refractivity contribution in [3.05, 3.63) is 42.5 Å². The molecule has 0 saturated carbocycles. The molecule has 0 aliphatic heterocycles. The number of nitrogens with one attached hydrogen (secondary N) is 1. The van der Waals surface area contributed by atoms with Gasteiger partial charge in [0.1, 0.15) is 5.75 Å². The highest BCUT2D eigenvalue weighted by Gasteiger charge is 2.04. The third-order valence-electron chi connectivity index (χ3n) is 2.64. The summed E-state index contributed by atoms with van der Waals surface area (Å²) in [6.07, 6.45) is 1.79. The minimum Gasteiger partial charge on any atom is -0.494 e. The van der Waals surface area contributed by atoms with E-state index in [-0.39, 0.29) is 5.91 Å². The van der Waals surface area contributed by atoms with Crippen LogP contribution in [0.3, 0.4) is 0 Å². The van der Waals surface area contributed by atoms with Gasteiger partial charge >= 0.3 is 0 Å². The molecular weight excluding hydrogens is 256 g/mol. The first-order valence-corrected chi connectivity index (χ1v) is 6.38. The predicted octanol–water partition coefficient (Wildman–Crippen LogP) is 1.70. The maximum atomic E-state index is 10.9. The van der Waals surface area contributed by atoms with Crippen molar-refractivity contribution in [1.82, 2.24) is 5.32 Å². The number of ether oxygens (including phenoxy) is 1. The van der Waals surface area contributed by atoms with E-state index in [2.05, 4.69) is 11.9 Å². The monoisotopic (exact) mass is 274 g/mol. The Kier molecular flexibility index (Phi) is 6.87. The third-order valence-corrected chi connectivity index (χ3v) is 2.64. The Labute approximate surface area is 118 Å². The van der Waals surface area contributed by atoms with Gasteiger partial charge in [-0.2, -0.15) is 5.26 Å². The molecule has 106 valence electrons. The molecule has 0 fully saturated rings. The molecular formula is C15H18N2O3. The van der Waals surface area contributed by atoms with E-state index in [4.69, 9.17) is 10.00 Å². The fraction of sp³-hybridized carbons (Fsp3) is 0.333. The van der Waals surface area contributed by atoms with Gasteiger partial charge in [-0.05, 0) is 36.6 Å². The second kappa shape index (κ2) is 8.73. The van der Waals surface area contributed by atoms with Crippen molar-refractivity contribution in [3.63, 3.8) is 0 Å². The van der Waals surface area contributed by atoms with Gasteiger partial charge in [-0.1, -0.05) is 18.7 Å². The van der Waals surface area contributed by atoms with E-state index in [1.807, 2.05) is 0 Å². The van der Waals surface area contributed by atoms with Crippen LogP contribution in [0, 0.1) is 11.3 Å². The number of nitrogens with zero attached hydrogens (tertiary/aromatic N) is 1. The zero-order valence-electron chi connectivity index (χ0n) is 11.2. The Balaban J connectivity index is 2.21. The summed E-state index contributed by atoms with van der Waals surface area (Å²) in [4.78, 5) is 10.9. The van der Waals surface area contributed by atoms with Crippen LogP contribution in [0.5, 0.6) is 5.75 Å². The second-order valence-electron chi connectivity index (χ2n) is 4.15. The van der Waals surface area contributed by atoms with Crippen molar-refractivity contribution in [2.45, 2.75) is 18.9 Å². The van der Waals surface area contributed by atoms with Crippen LogP contribution in [0.4, 0.5) is 0 Å². The number of unbranched alkanes of at least 4 members (excludes halogenated alkanes) is 1. The molecule has 0 spiro atoms. The Bertz CT molecular complexity index is 477. The highest BCUT2D eigenvalue weighted by atomic mass is 16.5. The van der Waals surface area contributed by atoms with Crippen LogP contribution >= 0.6 is 0 Å². The molecule has 1 aromatic rings. The molecule has 0 radical (unpaired) electrons. The zero-order valence-corrected chi connectivity index (χ0v) is 11.2. The van der Waals surface area contributed by atoms with E-state index >= 15 is 0 Å². The van der Waals surface area contributed by atoms with Crippen molar-refractivity contribution in [2.75, 3.05) is 13.2 Å². The normalized spacial score (nSPS) is 11.2. The van der Waals surface area contributed by atoms with Crippen LogP contribution in [0.15, 0.2) is 36.9 Å². The van der Waals surface area contributed by atoms with Crippen LogP contribution < -0.4 is 10.1 Å². The molecule has 1 atom stereocenters. The van der Waals surface area contributed by atoms with Gasteiger partial charge in [0.2, 0.25) is 5.91 Å². The number of hydrogen-bond donors (Lipinski definition) is 2. The molecule has 0 aliphatic rings. The van der Waals surface area contributed by atoms with E-state index < -0.39 is 6.10 Å². The number of carbonyl (C=O) groups excluding carboxylic acids is 1. The Morgan fingerprint density at radius 2 is 2.15 bits per heavy atom. The van der Waals surface area contributed by atoms with Gasteiger partial charge in [-0.25, -0.2) is 0 Å². The molecule has 0 heterocycles. The van der Waals surface area contributed by atoms with Crippen LogP contribution in [0.2, 0.25) is 0 Å². The average Bonchev–Trinajstić information content (AvgIpc) is 2.50. The summed E-state index contributed by atoms with van der Waals surface area (Å²) in [5.74, 6) is 0.520. The number of nitriles is 1. The number of hydrogen-bond acceptors (Lipinski definition) is 4. The summed E-state index contributed by atoms with van der Waals surface area (Å²) in [7, 11) is 0. The quantitative estimate of drug-likeness (QED) is 0.429. The van der Waals surface area contributed by atoms with E-state index in [1.54, 1.807) is 30.3 Å². The minimum atomic E-state index is -1.10. The standard InChI is InChI=1S/C15H18N2O3/c1-2-15(19)17-9-3-4-10-20-13-7-5-12(6-8-13)14(18)11-16/h2,5-8,14,18H,1,3-4,9-10H2,(H,17,19). The highest BCUT2D eigenvalue weighted by molar-refractivity contribution is 5.86. The fourth-order valence-corrected chi connectivity index (χ4v) is 1.52. The molecule has 0 saturated heterocycles. The number of benzene rings is 1. The largest absolute Gasteiger partial charge is 0.494 e. The smallest absolute Gasteiger partial charge is 0.243 e. The number of carbonyl (C=O) groups is 1. The summed E-state index contributed by atoms with van der Waals surface area (Å²) in [6.45, 7) is 4.51. The van der Waals surface area contributed by atoms with E-state index in [0.29, 0.717) is 24.5 Å². The summed E-state index contributed by atoms with van der Waals surface area (Å²) in [5, 5.41) is 20.6. The SMILES string of the molecule is C=CC(=O)NCCCCOc1ccc(C(O)C#N)cc1. The number of rotatable bonds is 8. The van der Waals surface area contributed by atoms with Gasteiger partial charge in [0.25, 0.3) is 0 Å². The van der Waals surface area contributed by atoms with E-state index in [1.165, 1.54) is 6.08 Å². The first-order valence-electron chi connectivity index (χ1n) is 6.38. The van der Waals surface area contributed by atoms with Gasteiger partial charge in [-0.15, -0.1) is 0 Å². The number of aliphatic hydroxyl groups excluding tert-OH is 1. The van der Waals surface area contributed by atoms with Crippen molar-refractivity contribution in [1.29, 1.82) is 5.26 Å². The lowest BCUT2D eigenvalue weighted by molar-refractivity contribution is -0.116. The number of amides is 1. The minimum absolute atomic E-state index is 0.169. The molecule has 0 bridgehead atoms. The lowest BCUT2D eigenvalue weighted by Crippen LogP contribution is -2.22. The van der Waals surface area contributed by atoms with Crippen molar-refractivity contribution < 1.29 is 14.6 Å². The lowest BCUT2D eigenvalue weighted by Gasteiger charge is -2.08. The maximum absolute atomic E-state index is 10.9. The van der Waals surface area contributed by atoms with Gasteiger partial charge in [0.05, 0.1) is 12.7 Å². The topological polar surface area (TPSA) is 82.3 Å². The third kappa shape index (κ3) is 5.55. The zero-order chi connectivity index (χ0) is 14.8. The summed E-state index contributed by atoms with van der Waals surface area (Å²) in [6, 6.07) is 8.51. The highest BCUT2D eigenvalue weighted by Crippen LogP contribution is 2.17. The van der Waals surface area contributed by atoms with Crippen LogP contribution in [0.1, 0.15) is 24.5 Å². The van der Waals surface area contributed by atoms with Crippen LogP contribution in [-0.2, 0) is 4.79 Å². The molecule has 1 rings (SSSR count). The summed E-state index contributed by atoms with van der Waals surface area (Å²) >= 11 is 0. The second-order valence-corrected chi connectivity index (χ2v) is 4.15. The van der Waals surface area contributed by atoms with Gasteiger partial charge in [-0.3, -0.25) is 4.79 Å². The molecule has 1 unspecified atom stereocenters. The summed E-state index contributed by atoms with van der Waals surface area (Å²) in [5.41, 5.74) is 0.548. The van der Waals surface area contributed by atoms with Crippen LogP contribution in [0.25, 0.3) is 0 Å². The number of aliphatic hydroxyl groups is 1. The van der Waals surface area contributed by atoms with Crippen molar-refractivity contribution in [2.24, 2.45) is 0 Å². The van der Waals surface area contributed by atoms with Gasteiger partial charge < -0.3 is 15.2 Å². The first-order chi connectivity index (χ1) is 9.67. The van der Waals surface area contributed by atoms with Gasteiger partial charge in [0.15, 0.2) is 6.10 Å². The van der Waals surface area contributed by atoms with Crippen molar-refractivity contribution in [3.8, 4) is 11.8 Å². The Morgan fingerprint density at radius 1 is 1.45 bits per heavy atom. The predicted molar refractivity (Wildman–Crippen MR) is 75.0 cm³/mol. The molecule has 2 N–H and O–H groups in total. The summed E-state index contributed by atoms with van der Waals surface area (Å²) < 4.78 is 5.51. The molecule has 1 aromatic carbocycles. The average molecular weight is 274 g/mol. The molecule has 1 amide bonds. The maximum Gasteiger partial charge on any atom is 0.243 e. The van der Waals surface area contributed by atoms with E-state index in [0.717, 1.165) is 12.8 Å². The molecule has 0 aliphatic carbocycles. The molecule has 0 aromatic heterocycles. The molecule has 20 heavy (non-hydrogen) atoms. The van der Waals surface area contributed by atoms with Crippen LogP contribution in [-0.4, -0.2) is 24.2 Å². The fourth-order valence-electron chi connectivity index (χ4n) is 1.52. The van der Waals surface area contributed by atoms with E-state index in [9.17, 15) is 9.90 Å². The lowest BCUT2D eigenvalue weighted by atomic mass is 10.1. The molecule has 5 heteroatoms. The Morgan fingerprint density at radius 3 is 2.75 bits per heavy atom.